The highest BCUT2D eigenvalue weighted by atomic mass is 19.1. The Labute approximate surface area is 157 Å². The molecule has 2 fully saturated rings. The number of alkyl halides is 1. The minimum Gasteiger partial charge on any atom is -0.467 e. The molecule has 2 saturated heterocycles. The summed E-state index contributed by atoms with van der Waals surface area (Å²) in [5.74, 6) is -0.233. The Morgan fingerprint density at radius 2 is 2.39 bits per heavy atom. The first-order chi connectivity index (χ1) is 13.4. The second kappa shape index (κ2) is 7.72. The van der Waals surface area contributed by atoms with Gasteiger partial charge in [-0.15, -0.1) is 0 Å². The summed E-state index contributed by atoms with van der Waals surface area (Å²) in [5, 5.41) is 22.5. The van der Waals surface area contributed by atoms with Crippen LogP contribution in [0.3, 0.4) is 0 Å². The van der Waals surface area contributed by atoms with E-state index in [-0.39, 0.29) is 5.82 Å². The molecule has 1 aromatic rings. The van der Waals surface area contributed by atoms with Crippen molar-refractivity contribution in [3.63, 3.8) is 0 Å². The number of aromatic nitrogens is 2. The Bertz CT molecular complexity index is 860. The van der Waals surface area contributed by atoms with Crippen molar-refractivity contribution in [3.8, 4) is 0 Å². The molecule has 0 unspecified atom stereocenters. The lowest BCUT2D eigenvalue weighted by Gasteiger charge is -2.25. The van der Waals surface area contributed by atoms with Crippen LogP contribution in [0.15, 0.2) is 22.2 Å². The lowest BCUT2D eigenvalue weighted by molar-refractivity contribution is -0.141. The number of halogens is 1. The molecule has 12 nitrogen and oxygen atoms in total. The van der Waals surface area contributed by atoms with E-state index in [4.69, 9.17) is 15.0 Å². The molecule has 1 aromatic heterocycles. The number of esters is 1. The van der Waals surface area contributed by atoms with Gasteiger partial charge in [0.1, 0.15) is 18.0 Å². The first-order valence-electron chi connectivity index (χ1n) is 8.49. The number of nitrogens with zero attached hydrogens (tertiary/aromatic N) is 6. The summed E-state index contributed by atoms with van der Waals surface area (Å²) in [6.07, 6.45) is -3.33. The van der Waals surface area contributed by atoms with Crippen molar-refractivity contribution in [1.29, 1.82) is 0 Å². The number of hydrogen-bond acceptors (Lipinski definition) is 9. The van der Waals surface area contributed by atoms with Gasteiger partial charge in [0, 0.05) is 17.7 Å². The molecular weight excluding hydrogens is 379 g/mol. The summed E-state index contributed by atoms with van der Waals surface area (Å²) >= 11 is 0. The Kier molecular flexibility index (Phi) is 5.52. The molecule has 0 radical (unpaired) electrons. The summed E-state index contributed by atoms with van der Waals surface area (Å²) < 4.78 is 25.3. The number of methoxy groups -OCH3 is 1. The number of aliphatic hydroxyl groups excluding tert-OH is 2. The third-order valence-corrected chi connectivity index (χ3v) is 4.91. The number of carbonyl (C=O) groups excluding carboxylic acids is 1. The van der Waals surface area contributed by atoms with E-state index < -0.39 is 48.5 Å². The van der Waals surface area contributed by atoms with Crippen LogP contribution in [0.4, 0.5) is 10.2 Å². The van der Waals surface area contributed by atoms with Crippen molar-refractivity contribution in [2.45, 2.75) is 43.1 Å². The highest BCUT2D eigenvalue weighted by Crippen LogP contribution is 2.39. The van der Waals surface area contributed by atoms with Crippen LogP contribution in [0.1, 0.15) is 19.1 Å². The van der Waals surface area contributed by atoms with Crippen molar-refractivity contribution in [3.05, 3.63) is 33.2 Å². The van der Waals surface area contributed by atoms with E-state index in [9.17, 15) is 24.2 Å². The van der Waals surface area contributed by atoms with Crippen molar-refractivity contribution in [2.24, 2.45) is 5.11 Å². The van der Waals surface area contributed by atoms with E-state index in [1.165, 1.54) is 19.4 Å². The van der Waals surface area contributed by atoms with Crippen LogP contribution < -0.4 is 10.6 Å². The predicted octanol–water partition coefficient (Wildman–Crippen LogP) is -0.388. The maximum absolute atomic E-state index is 14.5. The van der Waals surface area contributed by atoms with Crippen molar-refractivity contribution in [2.75, 3.05) is 25.2 Å². The first kappa shape index (κ1) is 20.0. The fourth-order valence-electron chi connectivity index (χ4n) is 3.46. The molecule has 3 heterocycles. The molecular formula is C15H19FN6O6. The number of aliphatic hydroxyl groups is 2. The summed E-state index contributed by atoms with van der Waals surface area (Å²) in [6.45, 7) is -0.491. The topological polar surface area (TPSA) is 163 Å². The van der Waals surface area contributed by atoms with Crippen molar-refractivity contribution >= 4 is 11.8 Å². The summed E-state index contributed by atoms with van der Waals surface area (Å²) in [7, 11) is 1.27. The Hall–Kier alpha value is -2.73. The van der Waals surface area contributed by atoms with Gasteiger partial charge in [-0.25, -0.2) is 14.0 Å². The normalized spacial score (nSPS) is 32.2. The van der Waals surface area contributed by atoms with Gasteiger partial charge in [-0.05, 0) is 24.4 Å². The van der Waals surface area contributed by atoms with Gasteiger partial charge in [-0.1, -0.05) is 5.11 Å². The van der Waals surface area contributed by atoms with E-state index in [2.05, 4.69) is 15.0 Å². The smallest absolute Gasteiger partial charge is 0.351 e. The number of ether oxygens (including phenoxy) is 2. The SMILES string of the molecule is COC(=O)[C@@H]1CCCN1c1ccn([C@@H]2O[C@@](CO)(N=[N+]=[N-])[C@@H](O)[C@@H]2F)c(=O)n1. The highest BCUT2D eigenvalue weighted by molar-refractivity contribution is 5.80. The molecule has 0 aliphatic carbocycles. The summed E-state index contributed by atoms with van der Waals surface area (Å²) in [5.41, 5.74) is 5.45. The molecule has 0 saturated carbocycles. The van der Waals surface area contributed by atoms with Crippen LogP contribution in [0.25, 0.3) is 10.4 Å². The maximum Gasteiger partial charge on any atom is 0.351 e. The van der Waals surface area contributed by atoms with Gasteiger partial charge >= 0.3 is 11.7 Å². The molecule has 0 aromatic carbocycles. The van der Waals surface area contributed by atoms with Gasteiger partial charge in [0.2, 0.25) is 5.72 Å². The number of azide groups is 1. The molecule has 3 rings (SSSR count). The van der Waals surface area contributed by atoms with E-state index in [1.54, 1.807) is 4.90 Å². The van der Waals surface area contributed by atoms with Crippen molar-refractivity contribution in [1.82, 2.24) is 9.55 Å². The van der Waals surface area contributed by atoms with Gasteiger partial charge in [0.25, 0.3) is 0 Å². The minimum absolute atomic E-state index is 0.214. The van der Waals surface area contributed by atoms with Crippen molar-refractivity contribution < 1.29 is 28.9 Å². The van der Waals surface area contributed by atoms with E-state index >= 15 is 0 Å². The van der Waals surface area contributed by atoms with Gasteiger partial charge in [-0.3, -0.25) is 4.57 Å². The molecule has 28 heavy (non-hydrogen) atoms. The third-order valence-electron chi connectivity index (χ3n) is 4.91. The summed E-state index contributed by atoms with van der Waals surface area (Å²) in [6, 6.07) is 0.829. The quantitative estimate of drug-likeness (QED) is 0.293. The first-order valence-corrected chi connectivity index (χ1v) is 8.49. The molecule has 152 valence electrons. The predicted molar refractivity (Wildman–Crippen MR) is 90.9 cm³/mol. The molecule has 5 atom stereocenters. The standard InChI is InChI=1S/C15H19FN6O6/c1-27-13(25)8-3-2-5-21(8)9-4-6-22(14(26)18-9)12-10(16)11(24)15(7-23,28-12)19-20-17/h4,6,8,10-12,23-24H,2-3,5,7H2,1H3/t8-,10-,11-,12+,15+/m0/s1. The lowest BCUT2D eigenvalue weighted by atomic mass is 10.1. The fraction of sp³-hybridized carbons (Fsp3) is 0.667. The second-order valence-corrected chi connectivity index (χ2v) is 6.44. The van der Waals surface area contributed by atoms with Crippen LogP contribution >= 0.6 is 0 Å². The van der Waals surface area contributed by atoms with Crippen LogP contribution in [0, 0.1) is 0 Å². The number of hydrogen-bond donors (Lipinski definition) is 2. The molecule has 0 bridgehead atoms. The average Bonchev–Trinajstić information content (AvgIpc) is 3.27. The molecule has 2 N–H and O–H groups in total. The number of rotatable bonds is 5. The zero-order chi connectivity index (χ0) is 20.5. The number of anilines is 1. The molecule has 13 heteroatoms. The van der Waals surface area contributed by atoms with Gasteiger partial charge in [-0.2, -0.15) is 4.98 Å². The van der Waals surface area contributed by atoms with Crippen LogP contribution in [-0.2, 0) is 14.3 Å². The molecule has 0 spiro atoms. The zero-order valence-corrected chi connectivity index (χ0v) is 14.9. The van der Waals surface area contributed by atoms with Gasteiger partial charge < -0.3 is 24.6 Å². The van der Waals surface area contributed by atoms with Crippen LogP contribution in [0.2, 0.25) is 0 Å². The van der Waals surface area contributed by atoms with E-state index in [1.807, 2.05) is 0 Å². The lowest BCUT2D eigenvalue weighted by Crippen LogP contribution is -2.43. The van der Waals surface area contributed by atoms with Crippen LogP contribution in [0.5, 0.6) is 0 Å². The maximum atomic E-state index is 14.5. The average molecular weight is 398 g/mol. The minimum atomic E-state index is -2.25. The van der Waals surface area contributed by atoms with Crippen LogP contribution in [-0.4, -0.2) is 70.0 Å². The van der Waals surface area contributed by atoms with Gasteiger partial charge in [0.15, 0.2) is 12.4 Å². The largest absolute Gasteiger partial charge is 0.467 e. The highest BCUT2D eigenvalue weighted by Gasteiger charge is 2.56. The Morgan fingerprint density at radius 3 is 3.00 bits per heavy atom. The zero-order valence-electron chi connectivity index (χ0n) is 14.9. The van der Waals surface area contributed by atoms with Gasteiger partial charge in [0.05, 0.1) is 13.7 Å². The Morgan fingerprint density at radius 1 is 1.64 bits per heavy atom. The van der Waals surface area contributed by atoms with E-state index in [0.717, 1.165) is 4.57 Å². The molecule has 0 amide bonds. The fourth-order valence-corrected chi connectivity index (χ4v) is 3.46. The van der Waals surface area contributed by atoms with E-state index in [0.29, 0.717) is 19.4 Å². The second-order valence-electron chi connectivity index (χ2n) is 6.44. The molecule has 2 aliphatic heterocycles. The monoisotopic (exact) mass is 398 g/mol. The number of carbonyl (C=O) groups is 1. The summed E-state index contributed by atoms with van der Waals surface area (Å²) in [4.78, 5) is 32.3. The Balaban J connectivity index is 1.90. The molecule has 2 aliphatic rings. The third kappa shape index (κ3) is 3.18.